The van der Waals surface area contributed by atoms with E-state index in [1.165, 1.54) is 16.7 Å². The van der Waals surface area contributed by atoms with E-state index in [4.69, 9.17) is 23.1 Å². The highest BCUT2D eigenvalue weighted by Crippen LogP contribution is 2.42. The van der Waals surface area contributed by atoms with Gasteiger partial charge in [-0.2, -0.15) is 13.2 Å². The molecule has 2 aromatic carbocycles. The number of hydrogen-bond acceptors (Lipinski definition) is 8. The smallest absolute Gasteiger partial charge is 0.361 e. The molecular formula is C39H46ClF3N6O3S. The molecule has 6 N–H and O–H groups in total. The lowest BCUT2D eigenvalue weighted by Crippen LogP contribution is -2.47. The van der Waals surface area contributed by atoms with Crippen molar-refractivity contribution >= 4 is 51.7 Å². The van der Waals surface area contributed by atoms with Gasteiger partial charge in [-0.3, -0.25) is 19.4 Å². The largest absolute Gasteiger partial charge is 0.416 e. The molecule has 1 aliphatic rings. The van der Waals surface area contributed by atoms with E-state index in [9.17, 15) is 27.6 Å². The summed E-state index contributed by atoms with van der Waals surface area (Å²) in [5, 5.41) is 4.12. The zero-order chi connectivity index (χ0) is 38.1. The molecule has 2 aromatic heterocycles. The van der Waals surface area contributed by atoms with E-state index in [-0.39, 0.29) is 60.3 Å². The Balaban J connectivity index is 1.61. The van der Waals surface area contributed by atoms with Crippen LogP contribution in [0.25, 0.3) is 10.9 Å². The number of aromatic amines is 1. The number of alkyl halides is 3. The number of para-hydroxylation sites is 1. The first-order valence-corrected chi connectivity index (χ1v) is 19.1. The Hall–Kier alpha value is -3.75. The first-order chi connectivity index (χ1) is 25.4. The number of nitrogens with one attached hydrogen (secondary N) is 2. The van der Waals surface area contributed by atoms with Gasteiger partial charge in [-0.15, -0.1) is 0 Å². The number of carbonyl (C=O) groups is 3. The molecule has 0 spiro atoms. The van der Waals surface area contributed by atoms with Crippen molar-refractivity contribution in [3.05, 3.63) is 88.3 Å². The first kappa shape index (κ1) is 40.4. The lowest BCUT2D eigenvalue weighted by molar-refractivity contribution is -0.143. The van der Waals surface area contributed by atoms with Crippen molar-refractivity contribution in [2.75, 3.05) is 20.1 Å². The van der Waals surface area contributed by atoms with Gasteiger partial charge in [0.15, 0.2) is 11.6 Å². The number of unbranched alkanes of at least 4 members (excludes halogenated alkanes) is 1. The number of carbonyl (C=O) groups excluding carboxylic acids is 3. The van der Waals surface area contributed by atoms with Gasteiger partial charge in [0.05, 0.1) is 28.4 Å². The summed E-state index contributed by atoms with van der Waals surface area (Å²) in [4.78, 5) is 53.1. The molecule has 53 heavy (non-hydrogen) atoms. The number of pyridine rings is 1. The van der Waals surface area contributed by atoms with E-state index in [2.05, 4.69) is 15.3 Å². The summed E-state index contributed by atoms with van der Waals surface area (Å²) < 4.78 is 42.2. The maximum Gasteiger partial charge on any atom is 0.416 e. The third-order valence-electron chi connectivity index (χ3n) is 9.83. The van der Waals surface area contributed by atoms with Crippen LogP contribution in [0.1, 0.15) is 67.3 Å². The second-order valence-electron chi connectivity index (χ2n) is 13.5. The minimum atomic E-state index is -4.67. The normalized spacial score (nSPS) is 19.6. The number of halogens is 4. The molecule has 0 aliphatic carbocycles. The van der Waals surface area contributed by atoms with Crippen molar-refractivity contribution in [2.45, 2.75) is 92.4 Å². The zero-order valence-electron chi connectivity index (χ0n) is 29.7. The van der Waals surface area contributed by atoms with Crippen LogP contribution in [0.5, 0.6) is 0 Å². The lowest BCUT2D eigenvalue weighted by atomic mass is 9.89. The second kappa shape index (κ2) is 18.5. The van der Waals surface area contributed by atoms with Gasteiger partial charge < -0.3 is 26.7 Å². The van der Waals surface area contributed by atoms with Gasteiger partial charge in [0, 0.05) is 71.9 Å². The number of benzene rings is 2. The molecule has 1 aliphatic heterocycles. The number of Topliss-reactive ketones (excluding diaryl/α,β-unsaturated/α-hetero) is 2. The molecule has 9 nitrogen and oxygen atoms in total. The minimum Gasteiger partial charge on any atom is -0.361 e. The Morgan fingerprint density at radius 3 is 2.51 bits per heavy atom. The highest BCUT2D eigenvalue weighted by molar-refractivity contribution is 7.99. The molecule has 1 amide bonds. The van der Waals surface area contributed by atoms with Crippen LogP contribution < -0.4 is 16.8 Å². The number of ketones is 2. The SMILES string of the molecule is CN1C(=O)[C@H](CCCCN)CC(=O)[C@H](CCCN)NCc2ncccc2Sc2c(Cl)cc(C(F)(F)F)cc2CCC(=O)[C@@H]1Cc1c[nH]c2ccccc12. The van der Waals surface area contributed by atoms with Crippen LogP contribution in [-0.4, -0.2) is 64.6 Å². The summed E-state index contributed by atoms with van der Waals surface area (Å²) in [6, 6.07) is 11.5. The number of nitrogens with two attached hydrogens (primary N) is 2. The van der Waals surface area contributed by atoms with Gasteiger partial charge in [-0.05, 0) is 86.7 Å². The third kappa shape index (κ3) is 10.3. The summed E-state index contributed by atoms with van der Waals surface area (Å²) >= 11 is 7.77. The number of fused-ring (bicyclic) bond motifs is 3. The van der Waals surface area contributed by atoms with Crippen LogP contribution in [0.15, 0.2) is 70.7 Å². The van der Waals surface area contributed by atoms with Crippen molar-refractivity contribution in [2.24, 2.45) is 17.4 Å². The Morgan fingerprint density at radius 2 is 1.75 bits per heavy atom. The number of aromatic nitrogens is 2. The average Bonchev–Trinajstić information content (AvgIpc) is 3.55. The molecule has 5 rings (SSSR count). The first-order valence-electron chi connectivity index (χ1n) is 17.9. The van der Waals surface area contributed by atoms with Crippen LogP contribution in [0.3, 0.4) is 0 Å². The van der Waals surface area contributed by atoms with Crippen molar-refractivity contribution < 1.29 is 27.6 Å². The predicted octanol–water partition coefficient (Wildman–Crippen LogP) is 6.87. The quantitative estimate of drug-likeness (QED) is 0.135. The molecule has 0 saturated carbocycles. The third-order valence-corrected chi connectivity index (χ3v) is 11.5. The summed E-state index contributed by atoms with van der Waals surface area (Å²) in [5.41, 5.74) is 13.2. The Kier molecular flexibility index (Phi) is 14.1. The van der Waals surface area contributed by atoms with Crippen LogP contribution in [0, 0.1) is 5.92 Å². The number of rotatable bonds is 9. The maximum absolute atomic E-state index is 14.4. The number of amides is 1. The summed E-state index contributed by atoms with van der Waals surface area (Å²) in [6.07, 6.45) is 1.32. The number of nitrogens with zero attached hydrogens (tertiary/aromatic N) is 2. The maximum atomic E-state index is 14.4. The Labute approximate surface area is 316 Å². The topological polar surface area (TPSA) is 147 Å². The van der Waals surface area contributed by atoms with Crippen molar-refractivity contribution in [3.8, 4) is 0 Å². The van der Waals surface area contributed by atoms with E-state index in [0.29, 0.717) is 60.7 Å². The van der Waals surface area contributed by atoms with Crippen molar-refractivity contribution in [1.82, 2.24) is 20.2 Å². The van der Waals surface area contributed by atoms with Crippen molar-refractivity contribution in [3.63, 3.8) is 0 Å². The molecule has 3 heterocycles. The standard InChI is InChI=1S/C39H46ClF3N6O3S/c1-49-33(19-26-22-47-30-10-3-2-9-28(26)30)34(50)14-13-24-18-27(39(41,42)43)21-29(40)37(24)53-36-12-7-17-46-32(36)23-48-31(11-6-16-45)35(51)20-25(38(49)52)8-4-5-15-44/h2-3,7,9-10,12,17-18,21-22,25,31,33,47-48H,4-6,8,11,13-16,19-20,23,44-45H2,1H3/t25-,31+,33+/m1/s1. The highest BCUT2D eigenvalue weighted by atomic mass is 35.5. The van der Waals surface area contributed by atoms with E-state index in [0.717, 1.165) is 28.6 Å². The minimum absolute atomic E-state index is 0.0466. The number of hydrogen-bond donors (Lipinski definition) is 4. The molecule has 3 atom stereocenters. The van der Waals surface area contributed by atoms with E-state index < -0.39 is 29.7 Å². The zero-order valence-corrected chi connectivity index (χ0v) is 31.3. The molecule has 0 saturated heterocycles. The molecule has 0 fully saturated rings. The van der Waals surface area contributed by atoms with Gasteiger partial charge in [0.25, 0.3) is 0 Å². The lowest BCUT2D eigenvalue weighted by Gasteiger charge is -2.31. The van der Waals surface area contributed by atoms with Crippen LogP contribution in [-0.2, 0) is 39.9 Å². The van der Waals surface area contributed by atoms with Gasteiger partial charge in [-0.25, -0.2) is 0 Å². The van der Waals surface area contributed by atoms with Gasteiger partial charge in [0.1, 0.15) is 0 Å². The van der Waals surface area contributed by atoms with Crippen LogP contribution >= 0.6 is 23.4 Å². The van der Waals surface area contributed by atoms with E-state index >= 15 is 0 Å². The molecule has 0 bridgehead atoms. The fourth-order valence-corrected chi connectivity index (χ4v) is 8.28. The molecule has 0 unspecified atom stereocenters. The van der Waals surface area contributed by atoms with E-state index in [1.807, 2.05) is 30.5 Å². The van der Waals surface area contributed by atoms with Gasteiger partial charge in [0.2, 0.25) is 5.91 Å². The molecule has 4 aromatic rings. The summed E-state index contributed by atoms with van der Waals surface area (Å²) in [6.45, 7) is 0.970. The van der Waals surface area contributed by atoms with E-state index in [1.54, 1.807) is 25.4 Å². The molecular weight excluding hydrogens is 725 g/mol. The molecule has 0 radical (unpaired) electrons. The van der Waals surface area contributed by atoms with Gasteiger partial charge in [-0.1, -0.05) is 48.0 Å². The fourth-order valence-electron chi connectivity index (χ4n) is 6.87. The predicted molar refractivity (Wildman–Crippen MR) is 202 cm³/mol. The van der Waals surface area contributed by atoms with Crippen LogP contribution in [0.4, 0.5) is 13.2 Å². The van der Waals surface area contributed by atoms with Crippen molar-refractivity contribution in [1.29, 1.82) is 0 Å². The summed E-state index contributed by atoms with van der Waals surface area (Å²) in [5.74, 6) is -1.54. The molecule has 284 valence electrons. The number of H-pyrrole nitrogens is 1. The summed E-state index contributed by atoms with van der Waals surface area (Å²) in [7, 11) is 1.57. The number of likely N-dealkylation sites (N-methyl/N-ethyl adjacent to an activating group) is 1. The Bertz CT molecular complexity index is 1900. The molecule has 14 heteroatoms. The van der Waals surface area contributed by atoms with Crippen LogP contribution in [0.2, 0.25) is 5.02 Å². The number of aryl methyl sites for hydroxylation is 1. The monoisotopic (exact) mass is 770 g/mol. The Morgan fingerprint density at radius 1 is 0.981 bits per heavy atom. The van der Waals surface area contributed by atoms with Gasteiger partial charge >= 0.3 is 6.18 Å². The fraction of sp³-hybridized carbons (Fsp3) is 0.436. The highest BCUT2D eigenvalue weighted by Gasteiger charge is 2.35. The second-order valence-corrected chi connectivity index (χ2v) is 15.0. The average molecular weight is 771 g/mol.